The highest BCUT2D eigenvalue weighted by Gasteiger charge is 2.29. The van der Waals surface area contributed by atoms with Gasteiger partial charge in [-0.15, -0.1) is 11.3 Å². The van der Waals surface area contributed by atoms with E-state index < -0.39 is 0 Å². The number of amidine groups is 1. The maximum absolute atomic E-state index is 7.78. The molecule has 2 rings (SSSR count). The molecule has 19 heavy (non-hydrogen) atoms. The highest BCUT2D eigenvalue weighted by Crippen LogP contribution is 2.43. The number of rotatable bonds is 6. The first-order chi connectivity index (χ1) is 9.21. The van der Waals surface area contributed by atoms with Crippen molar-refractivity contribution in [2.24, 2.45) is 4.99 Å². The number of nitrogens with one attached hydrogen (secondary N) is 1. The molecule has 0 spiro atoms. The molecule has 3 nitrogen and oxygen atoms in total. The van der Waals surface area contributed by atoms with Gasteiger partial charge in [0.05, 0.1) is 9.83 Å². The van der Waals surface area contributed by atoms with Gasteiger partial charge in [0.1, 0.15) is 10.8 Å². The summed E-state index contributed by atoms with van der Waals surface area (Å²) in [6, 6.07) is 2.17. The van der Waals surface area contributed by atoms with E-state index in [1.807, 2.05) is 0 Å². The third-order valence-corrected chi connectivity index (χ3v) is 4.85. The molecular formula is C14H20BrN3S. The van der Waals surface area contributed by atoms with Crippen LogP contribution in [-0.4, -0.2) is 23.5 Å². The first kappa shape index (κ1) is 14.7. The van der Waals surface area contributed by atoms with E-state index in [-0.39, 0.29) is 6.04 Å². The van der Waals surface area contributed by atoms with Gasteiger partial charge >= 0.3 is 0 Å². The second-order valence-electron chi connectivity index (χ2n) is 4.75. The van der Waals surface area contributed by atoms with E-state index in [0.717, 1.165) is 40.4 Å². The second-order valence-corrected chi connectivity index (χ2v) is 7.16. The topological polar surface area (TPSA) is 39.5 Å². The highest BCUT2D eigenvalue weighted by molar-refractivity contribution is 9.11. The van der Waals surface area contributed by atoms with Gasteiger partial charge in [-0.2, -0.15) is 0 Å². The summed E-state index contributed by atoms with van der Waals surface area (Å²) in [5.74, 6) is 1.15. The molecule has 0 radical (unpaired) electrons. The Hall–Kier alpha value is -0.680. The highest BCUT2D eigenvalue weighted by atomic mass is 79.9. The molecule has 0 saturated heterocycles. The van der Waals surface area contributed by atoms with Crippen LogP contribution in [0.2, 0.25) is 0 Å². The smallest absolute Gasteiger partial charge is 0.124 e. The Labute approximate surface area is 127 Å². The van der Waals surface area contributed by atoms with E-state index in [1.165, 1.54) is 12.0 Å². The van der Waals surface area contributed by atoms with Crippen molar-refractivity contribution in [2.45, 2.75) is 45.6 Å². The monoisotopic (exact) mass is 341 g/mol. The lowest BCUT2D eigenvalue weighted by atomic mass is 10.1. The summed E-state index contributed by atoms with van der Waals surface area (Å²) < 4.78 is 1.10. The Morgan fingerprint density at radius 3 is 2.89 bits per heavy atom. The van der Waals surface area contributed by atoms with E-state index >= 15 is 0 Å². The minimum Gasteiger partial charge on any atom is -0.348 e. The molecule has 0 saturated carbocycles. The normalized spacial score (nSPS) is 18.2. The van der Waals surface area contributed by atoms with Crippen LogP contribution in [0.1, 0.15) is 51.1 Å². The van der Waals surface area contributed by atoms with Gasteiger partial charge in [0.15, 0.2) is 0 Å². The molecular weight excluding hydrogens is 322 g/mol. The van der Waals surface area contributed by atoms with E-state index in [2.05, 4.69) is 40.7 Å². The predicted molar refractivity (Wildman–Crippen MR) is 87.2 cm³/mol. The molecule has 1 atom stereocenters. The summed E-state index contributed by atoms with van der Waals surface area (Å²) in [4.78, 5) is 7.13. The Balaban J connectivity index is 2.37. The minimum atomic E-state index is 0.0573. The molecule has 0 fully saturated rings. The van der Waals surface area contributed by atoms with Gasteiger partial charge in [0, 0.05) is 24.7 Å². The van der Waals surface area contributed by atoms with Crippen LogP contribution >= 0.6 is 27.3 Å². The number of halogens is 1. The molecule has 1 aliphatic heterocycles. The van der Waals surface area contributed by atoms with Crippen molar-refractivity contribution in [3.8, 4) is 0 Å². The van der Waals surface area contributed by atoms with Crippen LogP contribution in [0.25, 0.3) is 0 Å². The number of hydrogen-bond acceptors (Lipinski definition) is 4. The first-order valence-corrected chi connectivity index (χ1v) is 8.46. The van der Waals surface area contributed by atoms with Crippen LogP contribution in [0, 0.1) is 5.41 Å². The standard InChI is InChI=1S/C14H20BrN3S/c1-3-5-6-13-17-14-10(8-12(15)19-14)11(9-16)18(13)7-4-2/h8-9,11,16H,3-7H2,1-2H3. The largest absolute Gasteiger partial charge is 0.348 e. The van der Waals surface area contributed by atoms with Crippen molar-refractivity contribution >= 4 is 44.3 Å². The summed E-state index contributed by atoms with van der Waals surface area (Å²) in [6.07, 6.45) is 5.97. The molecule has 5 heteroatoms. The van der Waals surface area contributed by atoms with Crippen molar-refractivity contribution in [2.75, 3.05) is 6.54 Å². The Morgan fingerprint density at radius 2 is 2.26 bits per heavy atom. The molecule has 1 N–H and O–H groups in total. The SMILES string of the molecule is CCCCC1=Nc2sc(Br)cc2C(C=N)N1CCC. The first-order valence-electron chi connectivity index (χ1n) is 6.85. The average Bonchev–Trinajstić information content (AvgIpc) is 2.76. The Kier molecular flexibility index (Phi) is 5.16. The van der Waals surface area contributed by atoms with E-state index in [9.17, 15) is 0 Å². The van der Waals surface area contributed by atoms with Crippen molar-refractivity contribution < 1.29 is 0 Å². The number of unbranched alkanes of at least 4 members (excludes halogenated alkanes) is 1. The number of thiophene rings is 1. The van der Waals surface area contributed by atoms with Gasteiger partial charge in [0.25, 0.3) is 0 Å². The zero-order valence-corrected chi connectivity index (χ0v) is 13.9. The minimum absolute atomic E-state index is 0.0573. The van der Waals surface area contributed by atoms with Gasteiger partial charge < -0.3 is 10.3 Å². The molecule has 1 aromatic rings. The van der Waals surface area contributed by atoms with Crippen LogP contribution in [-0.2, 0) is 0 Å². The zero-order valence-electron chi connectivity index (χ0n) is 11.4. The molecule has 0 aliphatic carbocycles. The fourth-order valence-electron chi connectivity index (χ4n) is 2.40. The molecule has 1 aromatic heterocycles. The molecule has 0 aromatic carbocycles. The number of fused-ring (bicyclic) bond motifs is 1. The summed E-state index contributed by atoms with van der Waals surface area (Å²) in [5, 5.41) is 8.85. The summed E-state index contributed by atoms with van der Waals surface area (Å²) >= 11 is 5.20. The lowest BCUT2D eigenvalue weighted by molar-refractivity contribution is 0.372. The van der Waals surface area contributed by atoms with Gasteiger partial charge in [0.2, 0.25) is 0 Å². The quantitative estimate of drug-likeness (QED) is 0.714. The molecule has 104 valence electrons. The predicted octanol–water partition coefficient (Wildman–Crippen LogP) is 5.15. The van der Waals surface area contributed by atoms with Crippen LogP contribution in [0.5, 0.6) is 0 Å². The fourth-order valence-corrected chi connectivity index (χ4v) is 3.92. The molecule has 1 unspecified atom stereocenters. The maximum Gasteiger partial charge on any atom is 0.124 e. The molecule has 0 amide bonds. The van der Waals surface area contributed by atoms with Crippen molar-refractivity contribution in [1.82, 2.24) is 4.90 Å². The van der Waals surface area contributed by atoms with Crippen LogP contribution in [0.15, 0.2) is 14.8 Å². The Morgan fingerprint density at radius 1 is 1.47 bits per heavy atom. The molecule has 0 bridgehead atoms. The summed E-state index contributed by atoms with van der Waals surface area (Å²) in [7, 11) is 0. The van der Waals surface area contributed by atoms with Gasteiger partial charge in [-0.3, -0.25) is 0 Å². The number of nitrogens with zero attached hydrogens (tertiary/aromatic N) is 2. The van der Waals surface area contributed by atoms with Crippen molar-refractivity contribution in [3.63, 3.8) is 0 Å². The third-order valence-electron chi connectivity index (χ3n) is 3.30. The van der Waals surface area contributed by atoms with Crippen molar-refractivity contribution in [1.29, 1.82) is 5.41 Å². The van der Waals surface area contributed by atoms with E-state index in [4.69, 9.17) is 10.4 Å². The summed E-state index contributed by atoms with van der Waals surface area (Å²) in [5.41, 5.74) is 1.17. The second kappa shape index (κ2) is 6.66. The number of hydrogen-bond donors (Lipinski definition) is 1. The lowest BCUT2D eigenvalue weighted by Gasteiger charge is -2.35. The van der Waals surface area contributed by atoms with Crippen molar-refractivity contribution in [3.05, 3.63) is 15.4 Å². The van der Waals surface area contributed by atoms with Crippen LogP contribution < -0.4 is 0 Å². The van der Waals surface area contributed by atoms with Crippen LogP contribution in [0.3, 0.4) is 0 Å². The Bertz CT molecular complexity index is 481. The lowest BCUT2D eigenvalue weighted by Crippen LogP contribution is -2.38. The van der Waals surface area contributed by atoms with Gasteiger partial charge in [-0.1, -0.05) is 20.3 Å². The molecule has 1 aliphatic rings. The maximum atomic E-state index is 7.78. The fraction of sp³-hybridized carbons (Fsp3) is 0.571. The average molecular weight is 342 g/mol. The number of aliphatic imine (C=N–C) groups is 1. The van der Waals surface area contributed by atoms with Crippen LogP contribution in [0.4, 0.5) is 5.00 Å². The summed E-state index contributed by atoms with van der Waals surface area (Å²) in [6.45, 7) is 5.35. The van der Waals surface area contributed by atoms with Gasteiger partial charge in [-0.05, 0) is 34.8 Å². The van der Waals surface area contributed by atoms with Gasteiger partial charge in [-0.25, -0.2) is 4.99 Å². The van der Waals surface area contributed by atoms with E-state index in [1.54, 1.807) is 17.6 Å². The van der Waals surface area contributed by atoms with E-state index in [0.29, 0.717) is 0 Å². The zero-order chi connectivity index (χ0) is 13.8. The third kappa shape index (κ3) is 3.08. The molecule has 2 heterocycles.